The van der Waals surface area contributed by atoms with Crippen molar-refractivity contribution in [3.05, 3.63) is 45.9 Å². The van der Waals surface area contributed by atoms with Crippen molar-refractivity contribution in [3.8, 4) is 0 Å². The van der Waals surface area contributed by atoms with Gasteiger partial charge in [0, 0.05) is 0 Å². The Kier molecular flexibility index (Phi) is 4.70. The first-order valence-electron chi connectivity index (χ1n) is 7.05. The van der Waals surface area contributed by atoms with E-state index in [1.165, 1.54) is 35.6 Å². The molecule has 1 aliphatic heterocycles. The van der Waals surface area contributed by atoms with Gasteiger partial charge in [-0.1, -0.05) is 48.1 Å². The number of nitrogens with one attached hydrogen (secondary N) is 1. The average Bonchev–Trinajstić information content (AvgIpc) is 3.00. The zero-order chi connectivity index (χ0) is 13.8. The molecular formula is C15H19N3S2. The first kappa shape index (κ1) is 14.0. The number of aromatic nitrogens is 2. The largest absolute Gasteiger partial charge is 0.307 e. The van der Waals surface area contributed by atoms with Gasteiger partial charge in [-0.3, -0.25) is 0 Å². The van der Waals surface area contributed by atoms with Gasteiger partial charge in [-0.05, 0) is 31.2 Å². The fraction of sp³-hybridized carbons (Fsp3) is 0.467. The molecule has 1 N–H and O–H groups in total. The van der Waals surface area contributed by atoms with Crippen molar-refractivity contribution >= 4 is 23.1 Å². The Morgan fingerprint density at radius 3 is 2.75 bits per heavy atom. The molecule has 2 atom stereocenters. The number of benzene rings is 1. The van der Waals surface area contributed by atoms with Crippen molar-refractivity contribution in [2.45, 2.75) is 30.6 Å². The van der Waals surface area contributed by atoms with Crippen molar-refractivity contribution in [2.24, 2.45) is 0 Å². The second-order valence-electron chi connectivity index (χ2n) is 4.97. The highest BCUT2D eigenvalue weighted by Crippen LogP contribution is 2.40. The number of nitrogens with zero attached hydrogens (tertiary/aromatic N) is 2. The predicted octanol–water partition coefficient (Wildman–Crippen LogP) is 3.81. The van der Waals surface area contributed by atoms with Crippen LogP contribution in [0.4, 0.5) is 0 Å². The molecule has 1 fully saturated rings. The summed E-state index contributed by atoms with van der Waals surface area (Å²) in [7, 11) is 1.98. The van der Waals surface area contributed by atoms with Gasteiger partial charge in [0.05, 0.1) is 11.3 Å². The molecule has 0 saturated carbocycles. The third-order valence-electron chi connectivity index (χ3n) is 3.58. The van der Waals surface area contributed by atoms with Crippen molar-refractivity contribution in [1.82, 2.24) is 15.5 Å². The summed E-state index contributed by atoms with van der Waals surface area (Å²) in [5.74, 6) is 1.26. The Morgan fingerprint density at radius 1 is 1.20 bits per heavy atom. The summed E-state index contributed by atoms with van der Waals surface area (Å²) >= 11 is 3.79. The Bertz CT molecular complexity index is 535. The molecule has 2 heterocycles. The molecule has 2 unspecified atom stereocenters. The molecule has 0 aliphatic carbocycles. The zero-order valence-electron chi connectivity index (χ0n) is 11.6. The van der Waals surface area contributed by atoms with Crippen LogP contribution < -0.4 is 5.32 Å². The summed E-state index contributed by atoms with van der Waals surface area (Å²) in [5.41, 5.74) is 1.24. The molecule has 0 spiro atoms. The van der Waals surface area contributed by atoms with E-state index in [0.29, 0.717) is 5.25 Å². The average molecular weight is 305 g/mol. The smallest absolute Gasteiger partial charge is 0.139 e. The summed E-state index contributed by atoms with van der Waals surface area (Å²) in [6.45, 7) is 0. The summed E-state index contributed by atoms with van der Waals surface area (Å²) in [6.07, 6.45) is 3.91. The molecule has 1 aromatic carbocycles. The monoisotopic (exact) mass is 305 g/mol. The van der Waals surface area contributed by atoms with Gasteiger partial charge in [-0.2, -0.15) is 11.8 Å². The van der Waals surface area contributed by atoms with E-state index in [0.717, 1.165) is 5.01 Å². The minimum atomic E-state index is 0.149. The first-order valence-corrected chi connectivity index (χ1v) is 8.92. The van der Waals surface area contributed by atoms with E-state index in [1.807, 2.05) is 24.9 Å². The highest BCUT2D eigenvalue weighted by molar-refractivity contribution is 7.99. The van der Waals surface area contributed by atoms with Gasteiger partial charge in [0.2, 0.25) is 0 Å². The van der Waals surface area contributed by atoms with Gasteiger partial charge in [0.25, 0.3) is 0 Å². The predicted molar refractivity (Wildman–Crippen MR) is 86.3 cm³/mol. The normalized spacial score (nSPS) is 20.8. The van der Waals surface area contributed by atoms with Gasteiger partial charge in [-0.15, -0.1) is 10.2 Å². The minimum absolute atomic E-state index is 0.149. The number of hydrogen-bond acceptors (Lipinski definition) is 5. The Morgan fingerprint density at radius 2 is 2.05 bits per heavy atom. The van der Waals surface area contributed by atoms with Crippen LogP contribution in [0.15, 0.2) is 30.3 Å². The molecule has 1 saturated heterocycles. The third-order valence-corrected chi connectivity index (χ3v) is 6.22. The van der Waals surface area contributed by atoms with Crippen LogP contribution in [0, 0.1) is 0 Å². The molecular weight excluding hydrogens is 286 g/mol. The number of thioether (sulfide) groups is 1. The van der Waals surface area contributed by atoms with E-state index in [-0.39, 0.29) is 6.04 Å². The molecule has 0 radical (unpaired) electrons. The molecule has 1 aliphatic rings. The molecule has 2 aromatic rings. The zero-order valence-corrected chi connectivity index (χ0v) is 13.2. The molecule has 3 nitrogen and oxygen atoms in total. The molecule has 106 valence electrons. The fourth-order valence-electron chi connectivity index (χ4n) is 2.51. The van der Waals surface area contributed by atoms with Gasteiger partial charge in [0.15, 0.2) is 0 Å². The fourth-order valence-corrected chi connectivity index (χ4v) is 5.03. The molecule has 20 heavy (non-hydrogen) atoms. The lowest BCUT2D eigenvalue weighted by atomic mass is 10.1. The summed E-state index contributed by atoms with van der Waals surface area (Å²) < 4.78 is 0. The van der Waals surface area contributed by atoms with Crippen molar-refractivity contribution in [1.29, 1.82) is 0 Å². The van der Waals surface area contributed by atoms with Gasteiger partial charge in [0.1, 0.15) is 10.0 Å². The van der Waals surface area contributed by atoms with E-state index < -0.39 is 0 Å². The highest BCUT2D eigenvalue weighted by Gasteiger charge is 2.23. The molecule has 3 rings (SSSR count). The lowest BCUT2D eigenvalue weighted by Crippen LogP contribution is -2.17. The van der Waals surface area contributed by atoms with E-state index >= 15 is 0 Å². The van der Waals surface area contributed by atoms with Crippen LogP contribution in [0.1, 0.15) is 46.1 Å². The highest BCUT2D eigenvalue weighted by atomic mass is 32.2. The van der Waals surface area contributed by atoms with Gasteiger partial charge >= 0.3 is 0 Å². The molecule has 0 bridgehead atoms. The van der Waals surface area contributed by atoms with E-state index in [2.05, 4.69) is 39.8 Å². The standard InChI is InChI=1S/C15H19N3S2/c1-16-13(11-7-3-2-4-8-11)15-18-17-14(20-15)12-9-5-6-10-19-12/h2-4,7-8,12-13,16H,5-6,9-10H2,1H3. The van der Waals surface area contributed by atoms with Crippen LogP contribution in [-0.2, 0) is 0 Å². The first-order chi connectivity index (χ1) is 9.88. The SMILES string of the molecule is CNC(c1ccccc1)c1nnc(C2CCCCS2)s1. The van der Waals surface area contributed by atoms with Crippen LogP contribution in [0.3, 0.4) is 0 Å². The number of rotatable bonds is 4. The quantitative estimate of drug-likeness (QED) is 0.932. The summed E-state index contributed by atoms with van der Waals surface area (Å²) in [4.78, 5) is 0. The molecule has 0 amide bonds. The van der Waals surface area contributed by atoms with Gasteiger partial charge < -0.3 is 5.32 Å². The van der Waals surface area contributed by atoms with E-state index in [9.17, 15) is 0 Å². The number of hydrogen-bond donors (Lipinski definition) is 1. The second-order valence-corrected chi connectivity index (χ2v) is 7.32. The van der Waals surface area contributed by atoms with Crippen LogP contribution in [-0.4, -0.2) is 23.0 Å². The molecule has 5 heteroatoms. The topological polar surface area (TPSA) is 37.8 Å². The maximum atomic E-state index is 4.44. The van der Waals surface area contributed by atoms with Crippen molar-refractivity contribution < 1.29 is 0 Å². The van der Waals surface area contributed by atoms with Gasteiger partial charge in [-0.25, -0.2) is 0 Å². The Balaban J connectivity index is 1.81. The van der Waals surface area contributed by atoms with E-state index in [1.54, 1.807) is 11.3 Å². The third kappa shape index (κ3) is 3.05. The van der Waals surface area contributed by atoms with Crippen LogP contribution >= 0.6 is 23.1 Å². The van der Waals surface area contributed by atoms with Crippen LogP contribution in [0.5, 0.6) is 0 Å². The second kappa shape index (κ2) is 6.70. The van der Waals surface area contributed by atoms with Crippen LogP contribution in [0.2, 0.25) is 0 Å². The summed E-state index contributed by atoms with van der Waals surface area (Å²) in [6, 6.07) is 10.6. The molecule has 1 aromatic heterocycles. The van der Waals surface area contributed by atoms with Crippen molar-refractivity contribution in [3.63, 3.8) is 0 Å². The minimum Gasteiger partial charge on any atom is -0.307 e. The maximum absolute atomic E-state index is 4.44. The lowest BCUT2D eigenvalue weighted by Gasteiger charge is -2.18. The van der Waals surface area contributed by atoms with Crippen molar-refractivity contribution in [2.75, 3.05) is 12.8 Å². The van der Waals surface area contributed by atoms with E-state index in [4.69, 9.17) is 0 Å². The maximum Gasteiger partial charge on any atom is 0.139 e. The Labute approximate surface area is 128 Å². The van der Waals surface area contributed by atoms with Crippen LogP contribution in [0.25, 0.3) is 0 Å². The lowest BCUT2D eigenvalue weighted by molar-refractivity contribution is 0.666. The summed E-state index contributed by atoms with van der Waals surface area (Å²) in [5, 5.41) is 15.0. The Hall–Kier alpha value is -0.910.